The molecule has 106 valence electrons. The van der Waals surface area contributed by atoms with Crippen molar-refractivity contribution >= 4 is 0 Å². The Morgan fingerprint density at radius 2 is 2.22 bits per heavy atom. The van der Waals surface area contributed by atoms with E-state index in [1.165, 1.54) is 19.3 Å². The van der Waals surface area contributed by atoms with E-state index in [1.54, 1.807) is 0 Å². The zero-order valence-corrected chi connectivity index (χ0v) is 11.8. The van der Waals surface area contributed by atoms with E-state index in [0.717, 1.165) is 38.8 Å². The van der Waals surface area contributed by atoms with Crippen LogP contribution in [0.1, 0.15) is 33.1 Å². The van der Waals surface area contributed by atoms with Crippen molar-refractivity contribution < 1.29 is 9.84 Å². The summed E-state index contributed by atoms with van der Waals surface area (Å²) in [7, 11) is 0. The summed E-state index contributed by atoms with van der Waals surface area (Å²) in [5.74, 6) is 0. The minimum atomic E-state index is 0.0104. The van der Waals surface area contributed by atoms with Crippen LogP contribution in [0.4, 0.5) is 0 Å². The molecular formula is C14H28N2O2. The lowest BCUT2D eigenvalue weighted by Gasteiger charge is -2.39. The number of aliphatic hydroxyl groups is 1. The van der Waals surface area contributed by atoms with E-state index in [1.807, 2.05) is 0 Å². The molecule has 0 aromatic rings. The van der Waals surface area contributed by atoms with Gasteiger partial charge < -0.3 is 15.2 Å². The third-order valence-electron chi connectivity index (χ3n) is 4.28. The van der Waals surface area contributed by atoms with E-state index < -0.39 is 0 Å². The lowest BCUT2D eigenvalue weighted by Crippen LogP contribution is -2.50. The molecule has 0 spiro atoms. The fraction of sp³-hybridized carbons (Fsp3) is 1.00. The van der Waals surface area contributed by atoms with Crippen molar-refractivity contribution in [1.82, 2.24) is 10.2 Å². The molecule has 1 heterocycles. The van der Waals surface area contributed by atoms with Gasteiger partial charge in [0.15, 0.2) is 0 Å². The highest BCUT2D eigenvalue weighted by atomic mass is 16.5. The lowest BCUT2D eigenvalue weighted by molar-refractivity contribution is -0.0617. The van der Waals surface area contributed by atoms with Crippen LogP contribution in [-0.4, -0.2) is 61.5 Å². The molecule has 0 aromatic heterocycles. The molecule has 2 N–H and O–H groups in total. The molecule has 2 unspecified atom stereocenters. The van der Waals surface area contributed by atoms with Crippen LogP contribution in [0.15, 0.2) is 0 Å². The molecule has 1 aliphatic heterocycles. The SMILES string of the molecule is CCC(C)(CNC1CC1)CN1CCOC(CO)C1. The highest BCUT2D eigenvalue weighted by Gasteiger charge is 2.31. The van der Waals surface area contributed by atoms with Gasteiger partial charge in [0.1, 0.15) is 0 Å². The number of aliphatic hydroxyl groups excluding tert-OH is 1. The number of hydrogen-bond acceptors (Lipinski definition) is 4. The maximum Gasteiger partial charge on any atom is 0.0932 e. The summed E-state index contributed by atoms with van der Waals surface area (Å²) in [5.41, 5.74) is 0.333. The third-order valence-corrected chi connectivity index (χ3v) is 4.28. The molecule has 18 heavy (non-hydrogen) atoms. The predicted molar refractivity (Wildman–Crippen MR) is 72.7 cm³/mol. The summed E-state index contributed by atoms with van der Waals surface area (Å²) >= 11 is 0. The van der Waals surface area contributed by atoms with Crippen molar-refractivity contribution in [2.75, 3.05) is 39.4 Å². The van der Waals surface area contributed by atoms with Crippen molar-refractivity contribution in [1.29, 1.82) is 0 Å². The topological polar surface area (TPSA) is 44.7 Å². The highest BCUT2D eigenvalue weighted by molar-refractivity contribution is 4.87. The quantitative estimate of drug-likeness (QED) is 0.709. The van der Waals surface area contributed by atoms with Crippen LogP contribution in [0.25, 0.3) is 0 Å². The normalized spacial score (nSPS) is 29.2. The number of morpholine rings is 1. The largest absolute Gasteiger partial charge is 0.394 e. The van der Waals surface area contributed by atoms with Crippen LogP contribution in [0.5, 0.6) is 0 Å². The second-order valence-electron chi connectivity index (χ2n) is 6.23. The van der Waals surface area contributed by atoms with E-state index in [4.69, 9.17) is 4.74 Å². The maximum absolute atomic E-state index is 9.18. The van der Waals surface area contributed by atoms with Crippen molar-refractivity contribution in [3.05, 3.63) is 0 Å². The van der Waals surface area contributed by atoms with Gasteiger partial charge in [-0.15, -0.1) is 0 Å². The Labute approximate surface area is 111 Å². The van der Waals surface area contributed by atoms with Crippen molar-refractivity contribution in [2.24, 2.45) is 5.41 Å². The van der Waals surface area contributed by atoms with Gasteiger partial charge in [-0.05, 0) is 24.7 Å². The van der Waals surface area contributed by atoms with Crippen molar-refractivity contribution in [3.8, 4) is 0 Å². The molecular weight excluding hydrogens is 228 g/mol. The lowest BCUT2D eigenvalue weighted by atomic mass is 9.86. The molecule has 2 fully saturated rings. The molecule has 2 aliphatic rings. The first-order valence-corrected chi connectivity index (χ1v) is 7.33. The Hall–Kier alpha value is -0.160. The summed E-state index contributed by atoms with van der Waals surface area (Å²) in [5, 5.41) is 12.8. The van der Waals surface area contributed by atoms with Crippen molar-refractivity contribution in [2.45, 2.75) is 45.3 Å². The number of nitrogens with one attached hydrogen (secondary N) is 1. The van der Waals surface area contributed by atoms with Crippen LogP contribution in [0.3, 0.4) is 0 Å². The third kappa shape index (κ3) is 4.19. The molecule has 2 rings (SSSR count). The van der Waals surface area contributed by atoms with Gasteiger partial charge in [-0.3, -0.25) is 4.90 Å². The van der Waals surface area contributed by atoms with Crippen LogP contribution in [0.2, 0.25) is 0 Å². The van der Waals surface area contributed by atoms with Gasteiger partial charge in [0.25, 0.3) is 0 Å². The van der Waals surface area contributed by atoms with Gasteiger partial charge in [-0.2, -0.15) is 0 Å². The Kier molecular flexibility index (Phi) is 5.01. The zero-order valence-electron chi connectivity index (χ0n) is 11.8. The number of ether oxygens (including phenoxy) is 1. The molecule has 4 nitrogen and oxygen atoms in total. The van der Waals surface area contributed by atoms with Gasteiger partial charge in [-0.1, -0.05) is 13.8 Å². The van der Waals surface area contributed by atoms with E-state index >= 15 is 0 Å². The molecule has 1 aliphatic carbocycles. The Morgan fingerprint density at radius 3 is 2.83 bits per heavy atom. The molecule has 0 aromatic carbocycles. The van der Waals surface area contributed by atoms with Crippen LogP contribution in [-0.2, 0) is 4.74 Å². The predicted octanol–water partition coefficient (Wildman–Crippen LogP) is 0.848. The van der Waals surface area contributed by atoms with Gasteiger partial charge in [0.05, 0.1) is 19.3 Å². The van der Waals surface area contributed by atoms with Gasteiger partial charge in [0, 0.05) is 32.2 Å². The van der Waals surface area contributed by atoms with E-state index in [0.29, 0.717) is 5.41 Å². The fourth-order valence-electron chi connectivity index (χ4n) is 2.55. The van der Waals surface area contributed by atoms with E-state index in [-0.39, 0.29) is 12.7 Å². The summed E-state index contributed by atoms with van der Waals surface area (Å²) in [6.07, 6.45) is 3.90. The standard InChI is InChI=1S/C14H28N2O2/c1-3-14(2,10-15-12-4-5-12)11-16-6-7-18-13(8-16)9-17/h12-13,15,17H,3-11H2,1-2H3. The molecule has 1 saturated heterocycles. The first-order chi connectivity index (χ1) is 8.65. The minimum absolute atomic E-state index is 0.0104. The first-order valence-electron chi connectivity index (χ1n) is 7.33. The highest BCUT2D eigenvalue weighted by Crippen LogP contribution is 2.26. The second kappa shape index (κ2) is 6.33. The minimum Gasteiger partial charge on any atom is -0.394 e. The summed E-state index contributed by atoms with van der Waals surface area (Å²) < 4.78 is 5.51. The monoisotopic (exact) mass is 256 g/mol. The molecule has 4 heteroatoms. The Bertz CT molecular complexity index is 258. The van der Waals surface area contributed by atoms with Gasteiger partial charge in [0.2, 0.25) is 0 Å². The second-order valence-corrected chi connectivity index (χ2v) is 6.23. The Morgan fingerprint density at radius 1 is 1.44 bits per heavy atom. The van der Waals surface area contributed by atoms with E-state index in [9.17, 15) is 5.11 Å². The average Bonchev–Trinajstić information content (AvgIpc) is 3.21. The van der Waals surface area contributed by atoms with E-state index in [2.05, 4.69) is 24.1 Å². The number of nitrogens with zero attached hydrogens (tertiary/aromatic N) is 1. The summed E-state index contributed by atoms with van der Waals surface area (Å²) in [6.45, 7) is 9.61. The smallest absolute Gasteiger partial charge is 0.0932 e. The van der Waals surface area contributed by atoms with Crippen LogP contribution < -0.4 is 5.32 Å². The molecule has 2 atom stereocenters. The first kappa shape index (κ1) is 14.3. The summed E-state index contributed by atoms with van der Waals surface area (Å²) in [6, 6.07) is 0.783. The average molecular weight is 256 g/mol. The summed E-state index contributed by atoms with van der Waals surface area (Å²) in [4.78, 5) is 2.45. The number of rotatable bonds is 7. The maximum atomic E-state index is 9.18. The Balaban J connectivity index is 1.79. The van der Waals surface area contributed by atoms with Gasteiger partial charge in [-0.25, -0.2) is 0 Å². The van der Waals surface area contributed by atoms with Crippen LogP contribution in [0, 0.1) is 5.41 Å². The number of hydrogen-bond donors (Lipinski definition) is 2. The fourth-order valence-corrected chi connectivity index (χ4v) is 2.55. The van der Waals surface area contributed by atoms with Crippen LogP contribution >= 0.6 is 0 Å². The molecule has 0 radical (unpaired) electrons. The van der Waals surface area contributed by atoms with Crippen molar-refractivity contribution in [3.63, 3.8) is 0 Å². The van der Waals surface area contributed by atoms with Gasteiger partial charge >= 0.3 is 0 Å². The molecule has 1 saturated carbocycles. The molecule has 0 bridgehead atoms. The molecule has 0 amide bonds. The zero-order chi connectivity index (χ0) is 13.0.